The van der Waals surface area contributed by atoms with E-state index in [0.29, 0.717) is 47.7 Å². The summed E-state index contributed by atoms with van der Waals surface area (Å²) in [7, 11) is 0. The molecule has 5 rings (SSSR count). The minimum absolute atomic E-state index is 0.285. The lowest BCUT2D eigenvalue weighted by Crippen LogP contribution is -2.39. The Labute approximate surface area is 576 Å². The number of rotatable bonds is 10. The summed E-state index contributed by atoms with van der Waals surface area (Å²) in [6.07, 6.45) is 21.1. The first-order valence-electron chi connectivity index (χ1n) is 39.5. The Bertz CT molecular complexity index is 1270. The van der Waals surface area contributed by atoms with Gasteiger partial charge in [0.15, 0.2) is 0 Å². The topological polar surface area (TPSA) is 50.3 Å². The lowest BCUT2D eigenvalue weighted by molar-refractivity contribution is -0.133. The fraction of sp³-hybridized carbons (Fsp3) is 0.952. The number of hydrogen-bond donors (Lipinski definition) is 0. The quantitative estimate of drug-likeness (QED) is 0.218. The van der Waals surface area contributed by atoms with Gasteiger partial charge in [-0.05, 0) is 181 Å². The summed E-state index contributed by atoms with van der Waals surface area (Å²) in [5.41, 5.74) is 1.35. The summed E-state index contributed by atoms with van der Waals surface area (Å²) < 4.78 is 0. The first-order chi connectivity index (χ1) is 41.9. The maximum Gasteiger partial charge on any atom is 0.226 e. The number of nitrogens with zero attached hydrogens (tertiary/aromatic N) is 5. The molecule has 0 bridgehead atoms. The highest BCUT2D eigenvalue weighted by Gasteiger charge is 2.35. The number of allylic oxidation sites excluding steroid dienone is 1. The highest BCUT2D eigenvalue weighted by Crippen LogP contribution is 2.32. The molecule has 4 atom stereocenters. The smallest absolute Gasteiger partial charge is 0.226 e. The van der Waals surface area contributed by atoms with E-state index in [1.807, 2.05) is 9.80 Å². The minimum Gasteiger partial charge on any atom is -0.373 e. The third-order valence-electron chi connectivity index (χ3n) is 14.9. The molecule has 0 aromatic carbocycles. The predicted octanol–water partition coefficient (Wildman–Crippen LogP) is 26.4. The average Bonchev–Trinajstić information content (AvgIpc) is 3.21. The SMILES string of the molecule is C=C1CC(C(C)C)CCN1C(C)C.CC(C)C1CC(=O)N(C(C)C)C1.CC(C)C1CCN(C(C)C)C1.CC(C)C1CCN(C(C)C)C1=O.CC(C)C1CCN(C(C)C)CC1.CCC.CCC.CCC.CCC.CCC.CCC.CCC.CCC.CCC.CCC. The molecule has 554 valence electrons. The zero-order valence-corrected chi connectivity index (χ0v) is 70.9. The fourth-order valence-electron chi connectivity index (χ4n) is 9.67. The standard InChI is InChI=1S/C12H23N.C11H23N.2C10H19NO.C10H21N.10C3H8/c1-9(2)12-6-7-13(10(3)4)11(5)8-12;1-9(2)11-5-7-12(8-6-11)10(3)4;1-7(2)9-5-10(12)11(6-9)8(3)4;1-7(2)9-5-6-11(8(3)4)10(9)12;1-8(2)10-5-6-11(7-10)9(3)4;10*1-3-2/h9-10,12H,5-8H2,1-4H3;9-11H,5-8H2,1-4H3;2*7-9H,5-6H2,1-4H3;8-10H,5-7H2,1-4H3;10*3H2,1-2H3. The van der Waals surface area contributed by atoms with Crippen molar-refractivity contribution in [1.29, 1.82) is 0 Å². The Morgan fingerprint density at radius 1 is 0.300 bits per heavy atom. The van der Waals surface area contributed by atoms with Crippen LogP contribution >= 0.6 is 0 Å². The summed E-state index contributed by atoms with van der Waals surface area (Å²) in [6, 6.07) is 2.87. The van der Waals surface area contributed by atoms with E-state index in [0.717, 1.165) is 73.5 Å². The number of carbonyl (C=O) groups is 2. The van der Waals surface area contributed by atoms with Crippen LogP contribution in [-0.2, 0) is 9.59 Å². The molecule has 5 fully saturated rings. The van der Waals surface area contributed by atoms with Crippen LogP contribution in [0.5, 0.6) is 0 Å². The van der Waals surface area contributed by atoms with Crippen LogP contribution in [0.1, 0.15) is 386 Å². The first kappa shape index (κ1) is 110. The highest BCUT2D eigenvalue weighted by atomic mass is 16.2. The number of hydrogen-bond acceptors (Lipinski definition) is 5. The molecule has 7 nitrogen and oxygen atoms in total. The molecule has 0 aromatic rings. The van der Waals surface area contributed by atoms with Gasteiger partial charge in [-0.1, -0.05) is 278 Å². The molecule has 0 N–H and O–H groups in total. The van der Waals surface area contributed by atoms with E-state index in [4.69, 9.17) is 0 Å². The monoisotopic (exact) mass is 1280 g/mol. The molecule has 5 saturated heterocycles. The van der Waals surface area contributed by atoms with Crippen LogP contribution in [-0.4, -0.2) is 112 Å². The van der Waals surface area contributed by atoms with Crippen LogP contribution in [0.4, 0.5) is 0 Å². The van der Waals surface area contributed by atoms with E-state index in [2.05, 4.69) is 298 Å². The molecule has 5 aliphatic heterocycles. The van der Waals surface area contributed by atoms with Gasteiger partial charge >= 0.3 is 0 Å². The number of amides is 2. The van der Waals surface area contributed by atoms with E-state index in [1.54, 1.807) is 0 Å². The molecular formula is C83H185N5O2. The number of piperidine rings is 2. The normalized spacial score (nSPS) is 18.5. The van der Waals surface area contributed by atoms with E-state index in [9.17, 15) is 9.59 Å². The van der Waals surface area contributed by atoms with Gasteiger partial charge in [0.05, 0.1) is 0 Å². The third-order valence-corrected chi connectivity index (χ3v) is 14.9. The Balaban J connectivity index is -0.0000000999. The molecule has 5 heterocycles. The van der Waals surface area contributed by atoms with Crippen LogP contribution in [0.2, 0.25) is 0 Å². The van der Waals surface area contributed by atoms with Crippen molar-refractivity contribution in [2.45, 2.75) is 416 Å². The van der Waals surface area contributed by atoms with Crippen LogP contribution in [0.25, 0.3) is 0 Å². The second-order valence-corrected chi connectivity index (χ2v) is 29.6. The Morgan fingerprint density at radius 3 is 0.778 bits per heavy atom. The van der Waals surface area contributed by atoms with Gasteiger partial charge in [-0.3, -0.25) is 9.59 Å². The van der Waals surface area contributed by atoms with Crippen molar-refractivity contribution >= 4 is 11.8 Å². The third kappa shape index (κ3) is 69.2. The molecular weight excluding hydrogens is 1100 g/mol. The maximum absolute atomic E-state index is 11.7. The molecule has 2 amide bonds. The summed E-state index contributed by atoms with van der Waals surface area (Å²) in [5, 5.41) is 0. The largest absolute Gasteiger partial charge is 0.373 e. The van der Waals surface area contributed by atoms with Crippen molar-refractivity contribution < 1.29 is 9.59 Å². The van der Waals surface area contributed by atoms with Crippen molar-refractivity contribution in [2.24, 2.45) is 59.2 Å². The number of likely N-dealkylation sites (tertiary alicyclic amines) is 5. The summed E-state index contributed by atoms with van der Waals surface area (Å²) in [4.78, 5) is 34.8. The minimum atomic E-state index is 0.285. The van der Waals surface area contributed by atoms with Gasteiger partial charge in [-0.15, -0.1) is 0 Å². The molecule has 0 saturated carbocycles. The predicted molar refractivity (Wildman–Crippen MR) is 422 cm³/mol. The van der Waals surface area contributed by atoms with Crippen LogP contribution in [0.15, 0.2) is 12.3 Å². The molecule has 7 heteroatoms. The summed E-state index contributed by atoms with van der Waals surface area (Å²) in [6.45, 7) is 99.8. The Hall–Kier alpha value is -1.60. The van der Waals surface area contributed by atoms with Gasteiger partial charge in [-0.25, -0.2) is 0 Å². The van der Waals surface area contributed by atoms with Crippen LogP contribution in [0, 0.1) is 59.2 Å². The maximum atomic E-state index is 11.7. The lowest BCUT2D eigenvalue weighted by Gasteiger charge is -2.39. The molecule has 0 aliphatic carbocycles. The van der Waals surface area contributed by atoms with Crippen molar-refractivity contribution in [3.05, 3.63) is 12.3 Å². The molecule has 0 spiro atoms. The van der Waals surface area contributed by atoms with Gasteiger partial charge in [-0.2, -0.15) is 0 Å². The van der Waals surface area contributed by atoms with Gasteiger partial charge < -0.3 is 24.5 Å². The molecule has 0 aromatic heterocycles. The fourth-order valence-corrected chi connectivity index (χ4v) is 9.67. The highest BCUT2D eigenvalue weighted by molar-refractivity contribution is 5.81. The van der Waals surface area contributed by atoms with Gasteiger partial charge in [0.1, 0.15) is 0 Å². The van der Waals surface area contributed by atoms with Gasteiger partial charge in [0.2, 0.25) is 11.8 Å². The molecule has 5 aliphatic rings. The van der Waals surface area contributed by atoms with Crippen molar-refractivity contribution in [3.63, 3.8) is 0 Å². The van der Waals surface area contributed by atoms with Gasteiger partial charge in [0, 0.05) is 74.4 Å². The summed E-state index contributed by atoms with van der Waals surface area (Å²) in [5.74, 6) is 8.08. The zero-order chi connectivity index (χ0) is 73.2. The van der Waals surface area contributed by atoms with Crippen LogP contribution in [0.3, 0.4) is 0 Å². The van der Waals surface area contributed by atoms with Crippen molar-refractivity contribution in [2.75, 3.05) is 45.8 Å². The number of carbonyl (C=O) groups excluding carboxylic acids is 2. The van der Waals surface area contributed by atoms with E-state index in [1.165, 1.54) is 135 Å². The average molecular weight is 1290 g/mol. The Kier molecular flexibility index (Phi) is 95.3. The molecule has 4 unspecified atom stereocenters. The Morgan fingerprint density at radius 2 is 0.578 bits per heavy atom. The van der Waals surface area contributed by atoms with E-state index in [-0.39, 0.29) is 5.92 Å². The first-order valence-corrected chi connectivity index (χ1v) is 39.5. The lowest BCUT2D eigenvalue weighted by atomic mass is 9.85. The second-order valence-electron chi connectivity index (χ2n) is 29.6. The van der Waals surface area contributed by atoms with Crippen molar-refractivity contribution in [3.8, 4) is 0 Å². The second kappa shape index (κ2) is 78.1. The molecule has 0 radical (unpaired) electrons. The van der Waals surface area contributed by atoms with Gasteiger partial charge in [0.25, 0.3) is 0 Å². The zero-order valence-electron chi connectivity index (χ0n) is 70.9. The van der Waals surface area contributed by atoms with Crippen LogP contribution < -0.4 is 0 Å². The van der Waals surface area contributed by atoms with E-state index < -0.39 is 0 Å². The van der Waals surface area contributed by atoms with E-state index >= 15 is 0 Å². The van der Waals surface area contributed by atoms with Crippen molar-refractivity contribution in [1.82, 2.24) is 24.5 Å². The summed E-state index contributed by atoms with van der Waals surface area (Å²) >= 11 is 0. The molecule has 90 heavy (non-hydrogen) atoms.